The minimum Gasteiger partial charge on any atom is -0.368 e. The lowest BCUT2D eigenvalue weighted by molar-refractivity contribution is 0.00306. The van der Waals surface area contributed by atoms with Crippen LogP contribution in [0.15, 0.2) is 28.7 Å². The average Bonchev–Trinajstić information content (AvgIpc) is 2.13. The van der Waals surface area contributed by atoms with Crippen molar-refractivity contribution in [3.63, 3.8) is 0 Å². The molecule has 0 spiro atoms. The van der Waals surface area contributed by atoms with Gasteiger partial charge in [0.2, 0.25) is 0 Å². The standard InChI is InChI=1S/C12H15BrO2/c1-12(2,3)15-8-11(14)9-5-4-6-10(13)7-9/h4-7H,8H2,1-3H3. The number of ether oxygens (including phenoxy) is 1. The van der Waals surface area contributed by atoms with Crippen LogP contribution in [0.5, 0.6) is 0 Å². The highest BCUT2D eigenvalue weighted by Crippen LogP contribution is 2.13. The molecule has 0 atom stereocenters. The second-order valence-electron chi connectivity index (χ2n) is 4.33. The quantitative estimate of drug-likeness (QED) is 0.787. The van der Waals surface area contributed by atoms with E-state index in [1.54, 1.807) is 12.1 Å². The second-order valence-corrected chi connectivity index (χ2v) is 5.25. The van der Waals surface area contributed by atoms with Crippen LogP contribution in [-0.2, 0) is 4.74 Å². The fourth-order valence-electron chi connectivity index (χ4n) is 1.03. The second kappa shape index (κ2) is 4.90. The van der Waals surface area contributed by atoms with Gasteiger partial charge in [0.15, 0.2) is 5.78 Å². The highest BCUT2D eigenvalue weighted by molar-refractivity contribution is 9.10. The largest absolute Gasteiger partial charge is 0.368 e. The fourth-order valence-corrected chi connectivity index (χ4v) is 1.43. The maximum atomic E-state index is 11.7. The number of carbonyl (C=O) groups excluding carboxylic acids is 1. The molecule has 0 N–H and O–H groups in total. The van der Waals surface area contributed by atoms with Crippen molar-refractivity contribution >= 4 is 21.7 Å². The third-order valence-corrected chi connectivity index (χ3v) is 2.28. The molecule has 1 aromatic carbocycles. The van der Waals surface area contributed by atoms with Crippen LogP contribution in [0, 0.1) is 0 Å². The van der Waals surface area contributed by atoms with Crippen molar-refractivity contribution in [1.29, 1.82) is 0 Å². The summed E-state index contributed by atoms with van der Waals surface area (Å²) in [4.78, 5) is 11.7. The summed E-state index contributed by atoms with van der Waals surface area (Å²) >= 11 is 3.33. The van der Waals surface area contributed by atoms with Gasteiger partial charge in [-0.3, -0.25) is 4.79 Å². The number of hydrogen-bond donors (Lipinski definition) is 0. The van der Waals surface area contributed by atoms with E-state index in [2.05, 4.69) is 15.9 Å². The first-order valence-corrected chi connectivity index (χ1v) is 5.60. The normalized spacial score (nSPS) is 11.5. The SMILES string of the molecule is CC(C)(C)OCC(=O)c1cccc(Br)c1. The molecule has 82 valence electrons. The molecule has 0 saturated carbocycles. The van der Waals surface area contributed by atoms with Crippen molar-refractivity contribution in [3.05, 3.63) is 34.3 Å². The monoisotopic (exact) mass is 270 g/mol. The van der Waals surface area contributed by atoms with Crippen LogP contribution in [0.4, 0.5) is 0 Å². The van der Waals surface area contributed by atoms with Gasteiger partial charge < -0.3 is 4.74 Å². The van der Waals surface area contributed by atoms with Gasteiger partial charge in [0.05, 0.1) is 5.60 Å². The van der Waals surface area contributed by atoms with Gasteiger partial charge in [-0.25, -0.2) is 0 Å². The van der Waals surface area contributed by atoms with Crippen molar-refractivity contribution in [3.8, 4) is 0 Å². The van der Waals surface area contributed by atoms with Gasteiger partial charge in [0, 0.05) is 10.0 Å². The van der Waals surface area contributed by atoms with Gasteiger partial charge >= 0.3 is 0 Å². The van der Waals surface area contributed by atoms with Crippen molar-refractivity contribution in [1.82, 2.24) is 0 Å². The molecule has 0 aliphatic carbocycles. The van der Waals surface area contributed by atoms with E-state index in [4.69, 9.17) is 4.74 Å². The predicted molar refractivity (Wildman–Crippen MR) is 64.2 cm³/mol. The molecule has 0 fully saturated rings. The number of rotatable bonds is 3. The number of ketones is 1. The lowest BCUT2D eigenvalue weighted by atomic mass is 10.1. The van der Waals surface area contributed by atoms with Gasteiger partial charge in [-0.1, -0.05) is 28.1 Å². The first kappa shape index (κ1) is 12.4. The van der Waals surface area contributed by atoms with E-state index in [0.29, 0.717) is 5.56 Å². The van der Waals surface area contributed by atoms with Crippen molar-refractivity contribution in [2.24, 2.45) is 0 Å². The molecule has 0 aliphatic rings. The molecule has 1 aromatic rings. The topological polar surface area (TPSA) is 26.3 Å². The maximum Gasteiger partial charge on any atom is 0.188 e. The molecular weight excluding hydrogens is 256 g/mol. The molecule has 0 heterocycles. The molecule has 0 amide bonds. The number of halogens is 1. The molecule has 3 heteroatoms. The average molecular weight is 271 g/mol. The summed E-state index contributed by atoms with van der Waals surface area (Å²) in [5, 5.41) is 0. The van der Waals surface area contributed by atoms with Gasteiger partial charge in [0.25, 0.3) is 0 Å². The summed E-state index contributed by atoms with van der Waals surface area (Å²) in [6.07, 6.45) is 0. The van der Waals surface area contributed by atoms with Gasteiger partial charge in [-0.05, 0) is 32.9 Å². The fraction of sp³-hybridized carbons (Fsp3) is 0.417. The molecule has 0 aromatic heterocycles. The number of benzene rings is 1. The Morgan fingerprint density at radius 3 is 2.60 bits per heavy atom. The summed E-state index contributed by atoms with van der Waals surface area (Å²) in [5.74, 6) is 0.00576. The van der Waals surface area contributed by atoms with Crippen LogP contribution < -0.4 is 0 Å². The van der Waals surface area contributed by atoms with Gasteiger partial charge in [-0.15, -0.1) is 0 Å². The minimum atomic E-state index is -0.276. The van der Waals surface area contributed by atoms with Crippen LogP contribution in [0.2, 0.25) is 0 Å². The van der Waals surface area contributed by atoms with Crippen molar-refractivity contribution in [2.75, 3.05) is 6.61 Å². The van der Waals surface area contributed by atoms with Crippen LogP contribution in [0.3, 0.4) is 0 Å². The Hall–Kier alpha value is -0.670. The highest BCUT2D eigenvalue weighted by Gasteiger charge is 2.14. The van der Waals surface area contributed by atoms with E-state index in [1.807, 2.05) is 32.9 Å². The van der Waals surface area contributed by atoms with E-state index in [-0.39, 0.29) is 18.0 Å². The molecule has 0 saturated heterocycles. The molecule has 0 aliphatic heterocycles. The molecule has 2 nitrogen and oxygen atoms in total. The third kappa shape index (κ3) is 4.58. The molecule has 15 heavy (non-hydrogen) atoms. The first-order chi connectivity index (χ1) is 6.88. The summed E-state index contributed by atoms with van der Waals surface area (Å²) in [6, 6.07) is 7.32. The molecular formula is C12H15BrO2. The third-order valence-electron chi connectivity index (χ3n) is 1.78. The van der Waals surface area contributed by atoms with E-state index in [9.17, 15) is 4.79 Å². The Kier molecular flexibility index (Phi) is 4.05. The van der Waals surface area contributed by atoms with E-state index < -0.39 is 0 Å². The molecule has 0 radical (unpaired) electrons. The highest BCUT2D eigenvalue weighted by atomic mass is 79.9. The molecule has 0 unspecified atom stereocenters. The van der Waals surface area contributed by atoms with E-state index in [0.717, 1.165) is 4.47 Å². The molecule has 0 bridgehead atoms. The van der Waals surface area contributed by atoms with Gasteiger partial charge in [-0.2, -0.15) is 0 Å². The Balaban J connectivity index is 2.62. The van der Waals surface area contributed by atoms with Crippen LogP contribution >= 0.6 is 15.9 Å². The lowest BCUT2D eigenvalue weighted by Crippen LogP contribution is -2.23. The minimum absolute atomic E-state index is 0.00576. The van der Waals surface area contributed by atoms with Crippen LogP contribution in [0.25, 0.3) is 0 Å². The predicted octanol–water partition coefficient (Wildman–Crippen LogP) is 3.45. The van der Waals surface area contributed by atoms with Crippen LogP contribution in [0.1, 0.15) is 31.1 Å². The van der Waals surface area contributed by atoms with Gasteiger partial charge in [0.1, 0.15) is 6.61 Å². The zero-order chi connectivity index (χ0) is 11.5. The Morgan fingerprint density at radius 1 is 1.40 bits per heavy atom. The number of carbonyl (C=O) groups is 1. The number of Topliss-reactive ketones (excluding diaryl/α,β-unsaturated/α-hetero) is 1. The van der Waals surface area contributed by atoms with E-state index in [1.165, 1.54) is 0 Å². The van der Waals surface area contributed by atoms with Crippen LogP contribution in [-0.4, -0.2) is 18.0 Å². The molecule has 1 rings (SSSR count). The summed E-state index contributed by atoms with van der Waals surface area (Å²) in [5.41, 5.74) is 0.399. The Bertz CT molecular complexity index is 353. The zero-order valence-electron chi connectivity index (χ0n) is 9.21. The Morgan fingerprint density at radius 2 is 2.07 bits per heavy atom. The maximum absolute atomic E-state index is 11.7. The lowest BCUT2D eigenvalue weighted by Gasteiger charge is -2.18. The first-order valence-electron chi connectivity index (χ1n) is 4.81. The zero-order valence-corrected chi connectivity index (χ0v) is 10.8. The van der Waals surface area contributed by atoms with Crippen molar-refractivity contribution in [2.45, 2.75) is 26.4 Å². The van der Waals surface area contributed by atoms with E-state index >= 15 is 0 Å². The smallest absolute Gasteiger partial charge is 0.188 e. The summed E-state index contributed by atoms with van der Waals surface area (Å²) in [7, 11) is 0. The summed E-state index contributed by atoms with van der Waals surface area (Å²) < 4.78 is 6.33. The Labute approximate surface area is 98.8 Å². The summed E-state index contributed by atoms with van der Waals surface area (Å²) in [6.45, 7) is 5.92. The van der Waals surface area contributed by atoms with Crippen molar-refractivity contribution < 1.29 is 9.53 Å². The number of hydrogen-bond acceptors (Lipinski definition) is 2.